The first-order chi connectivity index (χ1) is 8.25. The zero-order valence-corrected chi connectivity index (χ0v) is 10.9. The van der Waals surface area contributed by atoms with E-state index < -0.39 is 0 Å². The summed E-state index contributed by atoms with van der Waals surface area (Å²) in [5.74, 6) is 0.452. The minimum Gasteiger partial charge on any atom is -0.341 e. The molecule has 0 aliphatic rings. The van der Waals surface area contributed by atoms with Crippen LogP contribution in [-0.2, 0) is 11.3 Å². The zero-order valence-electron chi connectivity index (χ0n) is 9.29. The van der Waals surface area contributed by atoms with E-state index in [2.05, 4.69) is 15.2 Å². The molecule has 2 rings (SSSR count). The second-order valence-corrected chi connectivity index (χ2v) is 5.20. The maximum atomic E-state index is 11.8. The molecule has 90 valence electrons. The monoisotopic (exact) mass is 268 g/mol. The van der Waals surface area contributed by atoms with Gasteiger partial charge in [-0.1, -0.05) is 11.8 Å². The summed E-state index contributed by atoms with van der Waals surface area (Å²) >= 11 is 3.00. The van der Waals surface area contributed by atoms with Crippen LogP contribution < -0.4 is 0 Å². The van der Waals surface area contributed by atoms with E-state index in [1.54, 1.807) is 23.3 Å². The number of carbonyl (C=O) groups excluding carboxylic acids is 1. The molecule has 17 heavy (non-hydrogen) atoms. The third-order valence-corrected chi connectivity index (χ3v) is 3.74. The zero-order chi connectivity index (χ0) is 12.1. The Bertz CT molecular complexity index is 455. The number of thiophene rings is 1. The molecule has 5 nitrogen and oxygen atoms in total. The lowest BCUT2D eigenvalue weighted by molar-refractivity contribution is -0.127. The van der Waals surface area contributed by atoms with Crippen molar-refractivity contribution in [2.45, 2.75) is 11.7 Å². The second kappa shape index (κ2) is 5.83. The molecule has 7 heteroatoms. The number of nitrogens with one attached hydrogen (secondary N) is 1. The van der Waals surface area contributed by atoms with Crippen LogP contribution in [0.15, 0.2) is 28.3 Å². The molecule has 2 aromatic rings. The number of hydrogen-bond acceptors (Lipinski definition) is 5. The minimum atomic E-state index is 0.0811. The average molecular weight is 268 g/mol. The Morgan fingerprint density at radius 3 is 3.18 bits per heavy atom. The Morgan fingerprint density at radius 1 is 1.65 bits per heavy atom. The smallest absolute Gasteiger partial charge is 0.233 e. The van der Waals surface area contributed by atoms with Crippen molar-refractivity contribution in [1.29, 1.82) is 0 Å². The fourth-order valence-corrected chi connectivity index (χ4v) is 2.63. The van der Waals surface area contributed by atoms with Gasteiger partial charge < -0.3 is 4.90 Å². The average Bonchev–Trinajstić information content (AvgIpc) is 2.98. The summed E-state index contributed by atoms with van der Waals surface area (Å²) in [6.45, 7) is 0.652. The highest BCUT2D eigenvalue weighted by molar-refractivity contribution is 7.99. The van der Waals surface area contributed by atoms with Crippen molar-refractivity contribution in [2.24, 2.45) is 0 Å². The molecule has 0 saturated heterocycles. The molecule has 0 atom stereocenters. The summed E-state index contributed by atoms with van der Waals surface area (Å²) in [4.78, 5) is 17.5. The van der Waals surface area contributed by atoms with Gasteiger partial charge in [0, 0.05) is 13.6 Å². The van der Waals surface area contributed by atoms with E-state index in [-0.39, 0.29) is 5.91 Å². The number of rotatable bonds is 5. The van der Waals surface area contributed by atoms with Gasteiger partial charge in [-0.15, -0.1) is 0 Å². The van der Waals surface area contributed by atoms with Crippen LogP contribution in [0.3, 0.4) is 0 Å². The molecule has 0 unspecified atom stereocenters. The Kier molecular flexibility index (Phi) is 4.16. The standard InChI is InChI=1S/C10H12N4OS2/c1-14(4-8-2-3-16-5-8)9(15)6-17-10-11-7-12-13-10/h2-3,5,7H,4,6H2,1H3,(H,11,12,13). The lowest BCUT2D eigenvalue weighted by Gasteiger charge is -2.15. The lowest BCUT2D eigenvalue weighted by atomic mass is 10.3. The van der Waals surface area contributed by atoms with Gasteiger partial charge in [-0.2, -0.15) is 16.4 Å². The molecule has 0 fully saturated rings. The maximum absolute atomic E-state index is 11.8. The predicted octanol–water partition coefficient (Wildman–Crippen LogP) is 1.62. The van der Waals surface area contributed by atoms with Gasteiger partial charge in [0.1, 0.15) is 6.33 Å². The van der Waals surface area contributed by atoms with Crippen molar-refractivity contribution in [3.05, 3.63) is 28.7 Å². The van der Waals surface area contributed by atoms with Crippen molar-refractivity contribution in [2.75, 3.05) is 12.8 Å². The maximum Gasteiger partial charge on any atom is 0.233 e. The van der Waals surface area contributed by atoms with E-state index in [1.807, 2.05) is 16.8 Å². The van der Waals surface area contributed by atoms with E-state index in [0.717, 1.165) is 5.56 Å². The second-order valence-electron chi connectivity index (χ2n) is 3.46. The van der Waals surface area contributed by atoms with Crippen molar-refractivity contribution in [3.8, 4) is 0 Å². The number of thioether (sulfide) groups is 1. The number of aromatic nitrogens is 3. The Hall–Kier alpha value is -1.34. The van der Waals surface area contributed by atoms with Crippen molar-refractivity contribution < 1.29 is 4.79 Å². The molecule has 1 amide bonds. The van der Waals surface area contributed by atoms with Crippen LogP contribution in [0.4, 0.5) is 0 Å². The summed E-state index contributed by atoms with van der Waals surface area (Å²) < 4.78 is 0. The topological polar surface area (TPSA) is 61.9 Å². The van der Waals surface area contributed by atoms with Crippen LogP contribution >= 0.6 is 23.1 Å². The van der Waals surface area contributed by atoms with E-state index in [4.69, 9.17) is 0 Å². The van der Waals surface area contributed by atoms with Crippen LogP contribution in [0.5, 0.6) is 0 Å². The van der Waals surface area contributed by atoms with Crippen molar-refractivity contribution in [3.63, 3.8) is 0 Å². The highest BCUT2D eigenvalue weighted by Gasteiger charge is 2.10. The quantitative estimate of drug-likeness (QED) is 0.837. The van der Waals surface area contributed by atoms with Gasteiger partial charge in [-0.3, -0.25) is 9.89 Å². The number of amides is 1. The molecule has 0 radical (unpaired) electrons. The molecule has 0 aliphatic heterocycles. The minimum absolute atomic E-state index is 0.0811. The first-order valence-electron chi connectivity index (χ1n) is 4.99. The molecule has 0 aliphatic carbocycles. The molecule has 1 N–H and O–H groups in total. The van der Waals surface area contributed by atoms with Crippen LogP contribution in [0, 0.1) is 0 Å². The van der Waals surface area contributed by atoms with Gasteiger partial charge in [0.15, 0.2) is 5.16 Å². The van der Waals surface area contributed by atoms with Crippen molar-refractivity contribution >= 4 is 29.0 Å². The summed E-state index contributed by atoms with van der Waals surface area (Å²) in [5.41, 5.74) is 1.16. The first-order valence-corrected chi connectivity index (χ1v) is 6.92. The number of nitrogens with zero attached hydrogens (tertiary/aromatic N) is 3. The van der Waals surface area contributed by atoms with Gasteiger partial charge in [-0.05, 0) is 22.4 Å². The Balaban J connectivity index is 1.79. The van der Waals surface area contributed by atoms with Crippen LogP contribution in [-0.4, -0.2) is 38.8 Å². The first kappa shape index (κ1) is 12.1. The predicted molar refractivity (Wildman–Crippen MR) is 67.9 cm³/mol. The van der Waals surface area contributed by atoms with E-state index in [1.165, 1.54) is 18.1 Å². The summed E-state index contributed by atoms with van der Waals surface area (Å²) in [6.07, 6.45) is 1.43. The number of hydrogen-bond donors (Lipinski definition) is 1. The highest BCUT2D eigenvalue weighted by Crippen LogP contribution is 2.13. The largest absolute Gasteiger partial charge is 0.341 e. The fraction of sp³-hybridized carbons (Fsp3) is 0.300. The SMILES string of the molecule is CN(Cc1ccsc1)C(=O)CSc1ncn[nH]1. The third-order valence-electron chi connectivity index (χ3n) is 2.15. The molecule has 0 saturated carbocycles. The normalized spacial score (nSPS) is 10.4. The summed E-state index contributed by atoms with van der Waals surface area (Å²) in [6, 6.07) is 2.03. The van der Waals surface area contributed by atoms with E-state index in [0.29, 0.717) is 17.5 Å². The number of H-pyrrole nitrogens is 1. The lowest BCUT2D eigenvalue weighted by Crippen LogP contribution is -2.27. The van der Waals surface area contributed by atoms with Gasteiger partial charge in [0.05, 0.1) is 5.75 Å². The molecule has 0 spiro atoms. The van der Waals surface area contributed by atoms with Gasteiger partial charge >= 0.3 is 0 Å². The van der Waals surface area contributed by atoms with Crippen LogP contribution in [0.1, 0.15) is 5.56 Å². The van der Waals surface area contributed by atoms with E-state index in [9.17, 15) is 4.79 Å². The molecular weight excluding hydrogens is 256 g/mol. The van der Waals surface area contributed by atoms with Gasteiger partial charge in [-0.25, -0.2) is 4.98 Å². The molecular formula is C10H12N4OS2. The molecule has 2 aromatic heterocycles. The third kappa shape index (κ3) is 3.57. The fourth-order valence-electron chi connectivity index (χ4n) is 1.25. The van der Waals surface area contributed by atoms with Crippen LogP contribution in [0.2, 0.25) is 0 Å². The van der Waals surface area contributed by atoms with E-state index >= 15 is 0 Å². The number of aromatic amines is 1. The molecule has 0 bridgehead atoms. The Morgan fingerprint density at radius 2 is 2.53 bits per heavy atom. The van der Waals surface area contributed by atoms with Gasteiger partial charge in [0.25, 0.3) is 0 Å². The molecule has 0 aromatic carbocycles. The summed E-state index contributed by atoms with van der Waals surface area (Å²) in [5, 5.41) is 11.2. The highest BCUT2D eigenvalue weighted by atomic mass is 32.2. The summed E-state index contributed by atoms with van der Waals surface area (Å²) in [7, 11) is 1.81. The van der Waals surface area contributed by atoms with Crippen LogP contribution in [0.25, 0.3) is 0 Å². The van der Waals surface area contributed by atoms with Gasteiger partial charge in [0.2, 0.25) is 5.91 Å². The Labute approximate surface area is 107 Å². The van der Waals surface area contributed by atoms with Crippen molar-refractivity contribution in [1.82, 2.24) is 20.1 Å². The number of carbonyl (C=O) groups is 1. The molecule has 2 heterocycles.